The number of fused-ring (bicyclic) bond motifs is 1. The van der Waals surface area contributed by atoms with Crippen molar-refractivity contribution in [3.63, 3.8) is 0 Å². The SMILES string of the molecule is CC1CCc2ncnc(N3CCN(C(=O)C(c4ccc(Cl)s4)C4CCCN4C)CC3)c21. The lowest BCUT2D eigenvalue weighted by Gasteiger charge is -2.39. The molecule has 2 aromatic heterocycles. The fraction of sp³-hybridized carbons (Fsp3) is 0.609. The minimum atomic E-state index is -0.125. The van der Waals surface area contributed by atoms with Crippen LogP contribution in [0, 0.1) is 0 Å². The molecule has 2 aromatic rings. The molecule has 0 bridgehead atoms. The standard InChI is InChI=1S/C23H30ClN5OS/c1-15-5-6-16-20(15)22(26-14-25-16)28-10-12-29(13-11-28)23(30)21(17-4-3-9-27(17)2)18-7-8-19(24)31-18/h7-8,14-15,17,21H,3-6,9-13H2,1-2H3. The number of aryl methyl sites for hydroxylation is 1. The molecule has 3 unspecified atom stereocenters. The molecule has 0 aromatic carbocycles. The minimum absolute atomic E-state index is 0.125. The number of nitrogens with zero attached hydrogens (tertiary/aromatic N) is 5. The highest BCUT2D eigenvalue weighted by Crippen LogP contribution is 2.39. The molecule has 0 N–H and O–H groups in total. The van der Waals surface area contributed by atoms with E-state index in [1.807, 2.05) is 12.1 Å². The van der Waals surface area contributed by atoms with Crippen molar-refractivity contribution in [2.24, 2.45) is 0 Å². The van der Waals surface area contributed by atoms with Crippen LogP contribution >= 0.6 is 22.9 Å². The molecule has 31 heavy (non-hydrogen) atoms. The number of hydrogen-bond donors (Lipinski definition) is 0. The number of hydrogen-bond acceptors (Lipinski definition) is 6. The quantitative estimate of drug-likeness (QED) is 0.696. The van der Waals surface area contributed by atoms with Gasteiger partial charge in [-0.3, -0.25) is 4.79 Å². The van der Waals surface area contributed by atoms with Gasteiger partial charge in [0.1, 0.15) is 12.1 Å². The second kappa shape index (κ2) is 8.68. The van der Waals surface area contributed by atoms with Crippen molar-refractivity contribution in [2.45, 2.75) is 50.5 Å². The third kappa shape index (κ3) is 3.96. The Kier molecular flexibility index (Phi) is 5.92. The Morgan fingerprint density at radius 3 is 2.65 bits per heavy atom. The summed E-state index contributed by atoms with van der Waals surface area (Å²) in [7, 11) is 2.14. The lowest BCUT2D eigenvalue weighted by Crippen LogP contribution is -2.52. The van der Waals surface area contributed by atoms with E-state index in [1.165, 1.54) is 11.3 Å². The van der Waals surface area contributed by atoms with Crippen LogP contribution in [0.1, 0.15) is 54.2 Å². The van der Waals surface area contributed by atoms with Gasteiger partial charge in [-0.2, -0.15) is 0 Å². The van der Waals surface area contributed by atoms with Crippen LogP contribution in [-0.4, -0.2) is 71.5 Å². The molecule has 166 valence electrons. The van der Waals surface area contributed by atoms with E-state index < -0.39 is 0 Å². The van der Waals surface area contributed by atoms with Gasteiger partial charge in [0.2, 0.25) is 5.91 Å². The summed E-state index contributed by atoms with van der Waals surface area (Å²) >= 11 is 7.80. The predicted molar refractivity (Wildman–Crippen MR) is 125 cm³/mol. The van der Waals surface area contributed by atoms with E-state index in [0.717, 1.165) is 73.4 Å². The number of carbonyl (C=O) groups is 1. The highest BCUT2D eigenvalue weighted by molar-refractivity contribution is 7.16. The Labute approximate surface area is 193 Å². The third-order valence-electron chi connectivity index (χ3n) is 7.27. The molecular formula is C23H30ClN5OS. The average Bonchev–Trinajstić information content (AvgIpc) is 3.50. The van der Waals surface area contributed by atoms with Crippen molar-refractivity contribution in [1.29, 1.82) is 0 Å². The van der Waals surface area contributed by atoms with Crippen LogP contribution in [-0.2, 0) is 11.2 Å². The van der Waals surface area contributed by atoms with E-state index in [0.29, 0.717) is 5.92 Å². The maximum atomic E-state index is 13.7. The zero-order valence-electron chi connectivity index (χ0n) is 18.3. The summed E-state index contributed by atoms with van der Waals surface area (Å²) < 4.78 is 0.755. The van der Waals surface area contributed by atoms with Crippen molar-refractivity contribution in [2.75, 3.05) is 44.7 Å². The van der Waals surface area contributed by atoms with E-state index >= 15 is 0 Å². The molecule has 3 aliphatic rings. The molecule has 4 heterocycles. The number of anilines is 1. The van der Waals surface area contributed by atoms with Crippen LogP contribution in [0.3, 0.4) is 0 Å². The van der Waals surface area contributed by atoms with E-state index in [9.17, 15) is 4.79 Å². The number of piperazine rings is 1. The molecule has 0 saturated carbocycles. The largest absolute Gasteiger partial charge is 0.353 e. The van der Waals surface area contributed by atoms with Crippen LogP contribution in [0.25, 0.3) is 0 Å². The summed E-state index contributed by atoms with van der Waals surface area (Å²) in [6.07, 6.45) is 6.11. The van der Waals surface area contributed by atoms with Gasteiger partial charge < -0.3 is 14.7 Å². The Balaban J connectivity index is 1.33. The first kappa shape index (κ1) is 21.2. The number of likely N-dealkylation sites (tertiary alicyclic amines) is 1. The Bertz CT molecular complexity index is 957. The maximum absolute atomic E-state index is 13.7. The van der Waals surface area contributed by atoms with E-state index in [2.05, 4.69) is 38.6 Å². The van der Waals surface area contributed by atoms with Crippen LogP contribution in [0.4, 0.5) is 5.82 Å². The predicted octanol–water partition coefficient (Wildman–Crippen LogP) is 3.77. The van der Waals surface area contributed by atoms with Crippen molar-refractivity contribution < 1.29 is 4.79 Å². The van der Waals surface area contributed by atoms with E-state index in [-0.39, 0.29) is 17.9 Å². The smallest absolute Gasteiger partial charge is 0.232 e. The summed E-state index contributed by atoms with van der Waals surface area (Å²) in [5.41, 5.74) is 2.52. The second-order valence-corrected chi connectivity index (χ2v) is 10.9. The van der Waals surface area contributed by atoms with Crippen molar-refractivity contribution in [3.8, 4) is 0 Å². The second-order valence-electron chi connectivity index (χ2n) is 9.12. The topological polar surface area (TPSA) is 52.6 Å². The number of carbonyl (C=O) groups excluding carboxylic acids is 1. The number of likely N-dealkylation sites (N-methyl/N-ethyl adjacent to an activating group) is 1. The summed E-state index contributed by atoms with van der Waals surface area (Å²) in [6, 6.07) is 4.22. The molecule has 0 radical (unpaired) electrons. The lowest BCUT2D eigenvalue weighted by molar-refractivity contribution is -0.134. The molecule has 2 fully saturated rings. The minimum Gasteiger partial charge on any atom is -0.353 e. The number of amides is 1. The van der Waals surface area contributed by atoms with Crippen molar-refractivity contribution in [1.82, 2.24) is 19.8 Å². The molecule has 2 aliphatic heterocycles. The van der Waals surface area contributed by atoms with Gasteiger partial charge in [-0.05, 0) is 57.3 Å². The van der Waals surface area contributed by atoms with Gasteiger partial charge >= 0.3 is 0 Å². The first-order valence-electron chi connectivity index (χ1n) is 11.4. The Hall–Kier alpha value is -1.70. The number of aromatic nitrogens is 2. The highest BCUT2D eigenvalue weighted by atomic mass is 35.5. The number of thiophene rings is 1. The normalized spacial score (nSPS) is 25.1. The number of rotatable bonds is 4. The summed E-state index contributed by atoms with van der Waals surface area (Å²) in [6.45, 7) is 6.43. The summed E-state index contributed by atoms with van der Waals surface area (Å²) in [4.78, 5) is 30.7. The molecule has 8 heteroatoms. The molecule has 3 atom stereocenters. The van der Waals surface area contributed by atoms with Crippen LogP contribution in [0.15, 0.2) is 18.5 Å². The summed E-state index contributed by atoms with van der Waals surface area (Å²) in [5, 5.41) is 0. The zero-order chi connectivity index (χ0) is 21.5. The van der Waals surface area contributed by atoms with Crippen LogP contribution in [0.2, 0.25) is 4.34 Å². The molecule has 5 rings (SSSR count). The Morgan fingerprint density at radius 1 is 1.16 bits per heavy atom. The fourth-order valence-corrected chi connectivity index (χ4v) is 6.75. The molecule has 0 spiro atoms. The third-order valence-corrected chi connectivity index (χ3v) is 8.59. The van der Waals surface area contributed by atoms with Gasteiger partial charge in [0.05, 0.1) is 10.3 Å². The van der Waals surface area contributed by atoms with Gasteiger partial charge in [0, 0.05) is 48.4 Å². The molecule has 6 nitrogen and oxygen atoms in total. The van der Waals surface area contributed by atoms with Gasteiger partial charge in [0.25, 0.3) is 0 Å². The first-order valence-corrected chi connectivity index (χ1v) is 12.6. The van der Waals surface area contributed by atoms with Gasteiger partial charge in [-0.15, -0.1) is 11.3 Å². The molecule has 1 amide bonds. The number of halogens is 1. The molecule has 2 saturated heterocycles. The summed E-state index contributed by atoms with van der Waals surface area (Å²) in [5.74, 6) is 1.72. The van der Waals surface area contributed by atoms with Crippen molar-refractivity contribution >= 4 is 34.7 Å². The molecular weight excluding hydrogens is 430 g/mol. The first-order chi connectivity index (χ1) is 15.0. The van der Waals surface area contributed by atoms with Gasteiger partial charge in [0.15, 0.2) is 0 Å². The van der Waals surface area contributed by atoms with Crippen molar-refractivity contribution in [3.05, 3.63) is 38.9 Å². The molecule has 1 aliphatic carbocycles. The van der Waals surface area contributed by atoms with Gasteiger partial charge in [-0.1, -0.05) is 18.5 Å². The maximum Gasteiger partial charge on any atom is 0.232 e. The van der Waals surface area contributed by atoms with E-state index in [1.54, 1.807) is 17.7 Å². The van der Waals surface area contributed by atoms with Crippen LogP contribution in [0.5, 0.6) is 0 Å². The Morgan fingerprint density at radius 2 is 1.97 bits per heavy atom. The van der Waals surface area contributed by atoms with E-state index in [4.69, 9.17) is 11.6 Å². The highest BCUT2D eigenvalue weighted by Gasteiger charge is 2.39. The van der Waals surface area contributed by atoms with Gasteiger partial charge in [-0.25, -0.2) is 9.97 Å². The van der Waals surface area contributed by atoms with Crippen LogP contribution < -0.4 is 4.90 Å². The monoisotopic (exact) mass is 459 g/mol. The zero-order valence-corrected chi connectivity index (χ0v) is 19.8. The average molecular weight is 460 g/mol. The lowest BCUT2D eigenvalue weighted by atomic mass is 9.94. The fourth-order valence-electron chi connectivity index (χ4n) is 5.54.